The highest BCUT2D eigenvalue weighted by molar-refractivity contribution is 5.43. The summed E-state index contributed by atoms with van der Waals surface area (Å²) in [6.45, 7) is 6.96. The van der Waals surface area contributed by atoms with Crippen molar-refractivity contribution in [2.75, 3.05) is 14.2 Å². The van der Waals surface area contributed by atoms with Crippen LogP contribution < -0.4 is 19.5 Å². The molecule has 0 amide bonds. The van der Waals surface area contributed by atoms with Gasteiger partial charge >= 0.3 is 0 Å². The first-order chi connectivity index (χ1) is 11.5. The molecule has 4 heteroatoms. The molecule has 130 valence electrons. The van der Waals surface area contributed by atoms with Crippen molar-refractivity contribution in [3.05, 3.63) is 53.6 Å². The normalized spacial score (nSPS) is 12.1. The number of nitrogens with one attached hydrogen (secondary N) is 1. The molecule has 2 aromatic rings. The summed E-state index contributed by atoms with van der Waals surface area (Å²) in [5, 5.41) is 3.53. The minimum Gasteiger partial charge on any atom is -0.493 e. The number of hydrogen-bond acceptors (Lipinski definition) is 4. The fourth-order valence-corrected chi connectivity index (χ4v) is 2.51. The van der Waals surface area contributed by atoms with Gasteiger partial charge in [-0.15, -0.1) is 0 Å². The van der Waals surface area contributed by atoms with E-state index in [9.17, 15) is 0 Å². The highest BCUT2D eigenvalue weighted by atomic mass is 16.5. The van der Waals surface area contributed by atoms with Crippen molar-refractivity contribution >= 4 is 0 Å². The van der Waals surface area contributed by atoms with Crippen LogP contribution in [0.2, 0.25) is 0 Å². The molecule has 0 aliphatic heterocycles. The molecule has 24 heavy (non-hydrogen) atoms. The van der Waals surface area contributed by atoms with E-state index in [-0.39, 0.29) is 12.1 Å². The van der Waals surface area contributed by atoms with E-state index in [1.165, 1.54) is 5.56 Å². The van der Waals surface area contributed by atoms with Gasteiger partial charge in [-0.2, -0.15) is 0 Å². The van der Waals surface area contributed by atoms with Crippen LogP contribution in [0, 0.1) is 0 Å². The van der Waals surface area contributed by atoms with Crippen molar-refractivity contribution < 1.29 is 14.2 Å². The largest absolute Gasteiger partial charge is 0.493 e. The molecule has 0 radical (unpaired) electrons. The molecule has 0 aliphatic carbocycles. The fourth-order valence-electron chi connectivity index (χ4n) is 2.51. The van der Waals surface area contributed by atoms with Gasteiger partial charge in [-0.05, 0) is 56.2 Å². The van der Waals surface area contributed by atoms with Crippen LogP contribution in [0.3, 0.4) is 0 Å². The summed E-state index contributed by atoms with van der Waals surface area (Å²) in [6, 6.07) is 14.4. The maximum absolute atomic E-state index is 5.77. The van der Waals surface area contributed by atoms with Gasteiger partial charge < -0.3 is 19.5 Å². The number of benzene rings is 2. The Balaban J connectivity index is 2.01. The summed E-state index contributed by atoms with van der Waals surface area (Å²) in [5.41, 5.74) is 2.35. The summed E-state index contributed by atoms with van der Waals surface area (Å²) in [6.07, 6.45) is 0.176. The maximum atomic E-state index is 5.77. The zero-order valence-corrected chi connectivity index (χ0v) is 15.1. The van der Waals surface area contributed by atoms with Crippen LogP contribution in [0.1, 0.15) is 37.9 Å². The Kier molecular flexibility index (Phi) is 6.50. The number of hydrogen-bond donors (Lipinski definition) is 1. The topological polar surface area (TPSA) is 39.7 Å². The second-order valence-electron chi connectivity index (χ2n) is 6.03. The van der Waals surface area contributed by atoms with Crippen LogP contribution >= 0.6 is 0 Å². The lowest BCUT2D eigenvalue weighted by Gasteiger charge is -2.17. The van der Waals surface area contributed by atoms with E-state index >= 15 is 0 Å². The molecule has 1 unspecified atom stereocenters. The predicted molar refractivity (Wildman–Crippen MR) is 97.0 cm³/mol. The van der Waals surface area contributed by atoms with E-state index < -0.39 is 0 Å². The molecule has 0 bridgehead atoms. The summed E-state index contributed by atoms with van der Waals surface area (Å²) in [4.78, 5) is 0. The lowest BCUT2D eigenvalue weighted by Crippen LogP contribution is -2.18. The monoisotopic (exact) mass is 329 g/mol. The minimum absolute atomic E-state index is 0.176. The van der Waals surface area contributed by atoms with Crippen molar-refractivity contribution in [2.45, 2.75) is 39.5 Å². The van der Waals surface area contributed by atoms with Gasteiger partial charge in [0.15, 0.2) is 11.5 Å². The van der Waals surface area contributed by atoms with Crippen LogP contribution in [0.15, 0.2) is 42.5 Å². The first-order valence-corrected chi connectivity index (χ1v) is 8.24. The molecule has 2 aromatic carbocycles. The highest BCUT2D eigenvalue weighted by Gasteiger charge is 2.09. The first kappa shape index (κ1) is 18.1. The summed E-state index contributed by atoms with van der Waals surface area (Å²) >= 11 is 0. The molecule has 0 aromatic heterocycles. The van der Waals surface area contributed by atoms with E-state index in [2.05, 4.69) is 24.4 Å². The summed E-state index contributed by atoms with van der Waals surface area (Å²) < 4.78 is 16.4. The zero-order valence-electron chi connectivity index (χ0n) is 15.1. The van der Waals surface area contributed by atoms with Gasteiger partial charge in [0.25, 0.3) is 0 Å². The zero-order chi connectivity index (χ0) is 17.5. The molecular formula is C20H27NO3. The van der Waals surface area contributed by atoms with E-state index in [0.717, 1.165) is 29.4 Å². The van der Waals surface area contributed by atoms with Crippen LogP contribution in [0.4, 0.5) is 0 Å². The minimum atomic E-state index is 0.176. The Hall–Kier alpha value is -2.20. The number of methoxy groups -OCH3 is 2. The Bertz CT molecular complexity index is 655. The van der Waals surface area contributed by atoms with E-state index in [1.807, 2.05) is 44.2 Å². The average Bonchev–Trinajstić information content (AvgIpc) is 2.59. The smallest absolute Gasteiger partial charge is 0.161 e. The molecule has 0 saturated carbocycles. The summed E-state index contributed by atoms with van der Waals surface area (Å²) in [5.74, 6) is 2.40. The molecule has 4 nitrogen and oxygen atoms in total. The molecule has 0 spiro atoms. The quantitative estimate of drug-likeness (QED) is 0.782. The number of rotatable bonds is 8. The van der Waals surface area contributed by atoms with Gasteiger partial charge in [-0.3, -0.25) is 0 Å². The van der Waals surface area contributed by atoms with Crippen LogP contribution in [-0.4, -0.2) is 20.3 Å². The van der Waals surface area contributed by atoms with Crippen molar-refractivity contribution in [3.63, 3.8) is 0 Å². The lowest BCUT2D eigenvalue weighted by atomic mass is 10.1. The molecule has 0 fully saturated rings. The van der Waals surface area contributed by atoms with Crippen LogP contribution in [0.5, 0.6) is 17.2 Å². The van der Waals surface area contributed by atoms with Crippen molar-refractivity contribution in [1.29, 1.82) is 0 Å². The number of ether oxygens (including phenoxy) is 3. The molecule has 0 saturated heterocycles. The Morgan fingerprint density at radius 3 is 2.33 bits per heavy atom. The van der Waals surface area contributed by atoms with Gasteiger partial charge in [0.1, 0.15) is 5.75 Å². The third kappa shape index (κ3) is 4.90. The first-order valence-electron chi connectivity index (χ1n) is 8.24. The Morgan fingerprint density at radius 1 is 0.917 bits per heavy atom. The Labute approximate surface area is 144 Å². The van der Waals surface area contributed by atoms with Crippen molar-refractivity contribution in [3.8, 4) is 17.2 Å². The molecule has 1 atom stereocenters. The second-order valence-corrected chi connectivity index (χ2v) is 6.03. The highest BCUT2D eigenvalue weighted by Crippen LogP contribution is 2.28. The van der Waals surface area contributed by atoms with Crippen LogP contribution in [-0.2, 0) is 6.54 Å². The third-order valence-corrected chi connectivity index (χ3v) is 3.79. The lowest BCUT2D eigenvalue weighted by molar-refractivity contribution is 0.242. The van der Waals surface area contributed by atoms with Gasteiger partial charge in [0.05, 0.1) is 20.3 Å². The van der Waals surface area contributed by atoms with Gasteiger partial charge in [-0.1, -0.05) is 18.2 Å². The second kappa shape index (κ2) is 8.60. The summed E-state index contributed by atoms with van der Waals surface area (Å²) in [7, 11) is 3.29. The Morgan fingerprint density at radius 2 is 1.67 bits per heavy atom. The third-order valence-electron chi connectivity index (χ3n) is 3.79. The molecule has 2 rings (SSSR count). The average molecular weight is 329 g/mol. The van der Waals surface area contributed by atoms with E-state index in [4.69, 9.17) is 14.2 Å². The fraction of sp³-hybridized carbons (Fsp3) is 0.400. The van der Waals surface area contributed by atoms with Crippen LogP contribution in [0.25, 0.3) is 0 Å². The predicted octanol–water partition coefficient (Wildman–Crippen LogP) is 4.34. The molecule has 0 heterocycles. The van der Waals surface area contributed by atoms with Gasteiger partial charge in [-0.25, -0.2) is 0 Å². The maximum Gasteiger partial charge on any atom is 0.161 e. The van der Waals surface area contributed by atoms with Crippen molar-refractivity contribution in [1.82, 2.24) is 5.32 Å². The van der Waals surface area contributed by atoms with E-state index in [0.29, 0.717) is 0 Å². The van der Waals surface area contributed by atoms with Gasteiger partial charge in [0.2, 0.25) is 0 Å². The molecule has 1 N–H and O–H groups in total. The molecular weight excluding hydrogens is 302 g/mol. The SMILES string of the molecule is COc1ccc(CNC(C)c2cccc(OC(C)C)c2)cc1OC. The molecule has 0 aliphatic rings. The standard InChI is InChI=1S/C20H27NO3/c1-14(2)24-18-8-6-7-17(12-18)15(3)21-13-16-9-10-19(22-4)20(11-16)23-5/h6-12,14-15,21H,13H2,1-5H3. The van der Waals surface area contributed by atoms with E-state index in [1.54, 1.807) is 14.2 Å². The van der Waals surface area contributed by atoms with Gasteiger partial charge in [0, 0.05) is 12.6 Å². The van der Waals surface area contributed by atoms with Crippen molar-refractivity contribution in [2.24, 2.45) is 0 Å².